The van der Waals surface area contributed by atoms with Gasteiger partial charge in [-0.2, -0.15) is 0 Å². The Morgan fingerprint density at radius 2 is 2.27 bits per heavy atom. The number of hydrogen-bond donors (Lipinski definition) is 1. The highest BCUT2D eigenvalue weighted by molar-refractivity contribution is 9.09. The van der Waals surface area contributed by atoms with E-state index in [1.54, 1.807) is 0 Å². The fourth-order valence-electron chi connectivity index (χ4n) is 1.98. The molecule has 66 valence electrons. The van der Waals surface area contributed by atoms with Gasteiger partial charge in [0.2, 0.25) is 0 Å². The van der Waals surface area contributed by atoms with E-state index in [4.69, 9.17) is 0 Å². The SMILES string of the molecule is CC[C@@H]1CNCC[C@H]1CCBr. The molecule has 0 aliphatic carbocycles. The van der Waals surface area contributed by atoms with Crippen molar-refractivity contribution in [1.29, 1.82) is 0 Å². The van der Waals surface area contributed by atoms with Crippen LogP contribution in [0.25, 0.3) is 0 Å². The lowest BCUT2D eigenvalue weighted by Crippen LogP contribution is -2.36. The maximum atomic E-state index is 3.52. The second-order valence-electron chi connectivity index (χ2n) is 3.40. The van der Waals surface area contributed by atoms with E-state index in [0.29, 0.717) is 0 Å². The van der Waals surface area contributed by atoms with Gasteiger partial charge in [0.15, 0.2) is 0 Å². The summed E-state index contributed by atoms with van der Waals surface area (Å²) in [7, 11) is 0. The summed E-state index contributed by atoms with van der Waals surface area (Å²) in [5.41, 5.74) is 0. The first-order valence-electron chi connectivity index (χ1n) is 4.65. The summed E-state index contributed by atoms with van der Waals surface area (Å²) in [5, 5.41) is 4.63. The molecule has 1 nitrogen and oxygen atoms in total. The zero-order valence-corrected chi connectivity index (χ0v) is 8.86. The third-order valence-corrected chi connectivity index (χ3v) is 3.23. The fraction of sp³-hybridized carbons (Fsp3) is 1.00. The molecule has 2 heteroatoms. The molecule has 0 aromatic carbocycles. The van der Waals surface area contributed by atoms with Crippen molar-refractivity contribution in [3.63, 3.8) is 0 Å². The number of alkyl halides is 1. The molecule has 2 atom stereocenters. The van der Waals surface area contributed by atoms with Crippen LogP contribution >= 0.6 is 15.9 Å². The molecule has 1 N–H and O–H groups in total. The van der Waals surface area contributed by atoms with Gasteiger partial charge >= 0.3 is 0 Å². The lowest BCUT2D eigenvalue weighted by Gasteiger charge is -2.31. The van der Waals surface area contributed by atoms with Crippen LogP contribution in [-0.2, 0) is 0 Å². The lowest BCUT2D eigenvalue weighted by atomic mass is 9.83. The fourth-order valence-corrected chi connectivity index (χ4v) is 2.56. The van der Waals surface area contributed by atoms with Crippen molar-refractivity contribution in [2.75, 3.05) is 18.4 Å². The van der Waals surface area contributed by atoms with Crippen molar-refractivity contribution in [3.8, 4) is 0 Å². The van der Waals surface area contributed by atoms with Crippen LogP contribution in [0.15, 0.2) is 0 Å². The molecule has 0 unspecified atom stereocenters. The summed E-state index contributed by atoms with van der Waals surface area (Å²) < 4.78 is 0. The number of hydrogen-bond acceptors (Lipinski definition) is 1. The average molecular weight is 220 g/mol. The van der Waals surface area contributed by atoms with Crippen molar-refractivity contribution in [2.45, 2.75) is 26.2 Å². The maximum Gasteiger partial charge on any atom is 0.00340 e. The first-order valence-corrected chi connectivity index (χ1v) is 5.77. The van der Waals surface area contributed by atoms with Gasteiger partial charge in [-0.05, 0) is 37.8 Å². The summed E-state index contributed by atoms with van der Waals surface area (Å²) in [6, 6.07) is 0. The van der Waals surface area contributed by atoms with Gasteiger partial charge in [-0.25, -0.2) is 0 Å². The van der Waals surface area contributed by atoms with Crippen LogP contribution in [0.1, 0.15) is 26.2 Å². The number of nitrogens with one attached hydrogen (secondary N) is 1. The zero-order chi connectivity index (χ0) is 8.10. The Morgan fingerprint density at radius 3 is 2.91 bits per heavy atom. The molecule has 1 fully saturated rings. The summed E-state index contributed by atoms with van der Waals surface area (Å²) in [4.78, 5) is 0. The van der Waals surface area contributed by atoms with Crippen molar-refractivity contribution in [2.24, 2.45) is 11.8 Å². The molecule has 0 amide bonds. The molecule has 0 aromatic heterocycles. The van der Waals surface area contributed by atoms with Gasteiger partial charge in [0, 0.05) is 5.33 Å². The molecule has 1 heterocycles. The van der Waals surface area contributed by atoms with Crippen LogP contribution < -0.4 is 5.32 Å². The summed E-state index contributed by atoms with van der Waals surface area (Å²) in [5.74, 6) is 1.90. The van der Waals surface area contributed by atoms with Crippen LogP contribution in [0.5, 0.6) is 0 Å². The van der Waals surface area contributed by atoms with E-state index < -0.39 is 0 Å². The Bertz CT molecular complexity index is 104. The van der Waals surface area contributed by atoms with Crippen LogP contribution in [0, 0.1) is 11.8 Å². The van der Waals surface area contributed by atoms with Crippen LogP contribution in [0.3, 0.4) is 0 Å². The molecule has 1 rings (SSSR count). The number of halogens is 1. The van der Waals surface area contributed by atoms with Crippen molar-refractivity contribution in [1.82, 2.24) is 5.32 Å². The molecule has 0 saturated carbocycles. The molecule has 11 heavy (non-hydrogen) atoms. The number of rotatable bonds is 3. The third kappa shape index (κ3) is 2.75. The Balaban J connectivity index is 2.31. The van der Waals surface area contributed by atoms with Gasteiger partial charge in [-0.3, -0.25) is 0 Å². The van der Waals surface area contributed by atoms with Gasteiger partial charge in [0.25, 0.3) is 0 Å². The molecule has 0 aromatic rings. The summed E-state index contributed by atoms with van der Waals surface area (Å²) >= 11 is 3.52. The second-order valence-corrected chi connectivity index (χ2v) is 4.19. The Kier molecular flexibility index (Phi) is 4.46. The standard InChI is InChI=1S/C9H18BrN/c1-2-8-7-11-6-4-9(8)3-5-10/h8-9,11H,2-7H2,1H3/t8-,9-/m1/s1. The predicted molar refractivity (Wildman–Crippen MR) is 53.2 cm³/mol. The van der Waals surface area contributed by atoms with Crippen LogP contribution in [-0.4, -0.2) is 18.4 Å². The molecule has 0 spiro atoms. The first-order chi connectivity index (χ1) is 5.38. The topological polar surface area (TPSA) is 12.0 Å². The van der Waals surface area contributed by atoms with Crippen molar-refractivity contribution >= 4 is 15.9 Å². The molecule has 0 bridgehead atoms. The minimum atomic E-state index is 0.932. The highest BCUT2D eigenvalue weighted by Crippen LogP contribution is 2.25. The Hall–Kier alpha value is 0.440. The number of piperidine rings is 1. The lowest BCUT2D eigenvalue weighted by molar-refractivity contribution is 0.243. The van der Waals surface area contributed by atoms with Crippen molar-refractivity contribution < 1.29 is 0 Å². The van der Waals surface area contributed by atoms with E-state index in [0.717, 1.165) is 11.8 Å². The third-order valence-electron chi connectivity index (χ3n) is 2.77. The van der Waals surface area contributed by atoms with Crippen LogP contribution in [0.4, 0.5) is 0 Å². The molecule has 1 aliphatic heterocycles. The highest BCUT2D eigenvalue weighted by Gasteiger charge is 2.22. The van der Waals surface area contributed by atoms with E-state index in [1.165, 1.54) is 37.7 Å². The normalized spacial score (nSPS) is 32.2. The summed E-state index contributed by atoms with van der Waals surface area (Å²) in [6.45, 7) is 4.78. The van der Waals surface area contributed by atoms with E-state index in [2.05, 4.69) is 28.2 Å². The van der Waals surface area contributed by atoms with Crippen LogP contribution in [0.2, 0.25) is 0 Å². The monoisotopic (exact) mass is 219 g/mol. The van der Waals surface area contributed by atoms with Gasteiger partial charge in [0.05, 0.1) is 0 Å². The molecule has 1 saturated heterocycles. The van der Waals surface area contributed by atoms with Gasteiger partial charge < -0.3 is 5.32 Å². The average Bonchev–Trinajstić information content (AvgIpc) is 2.06. The minimum Gasteiger partial charge on any atom is -0.316 e. The molecular formula is C9H18BrN. The van der Waals surface area contributed by atoms with Crippen molar-refractivity contribution in [3.05, 3.63) is 0 Å². The highest BCUT2D eigenvalue weighted by atomic mass is 79.9. The molecule has 0 radical (unpaired) electrons. The van der Waals surface area contributed by atoms with Gasteiger partial charge in [-0.1, -0.05) is 29.3 Å². The predicted octanol–water partition coefficient (Wildman–Crippen LogP) is 2.41. The first kappa shape index (κ1) is 9.53. The quantitative estimate of drug-likeness (QED) is 0.720. The minimum absolute atomic E-state index is 0.932. The van der Waals surface area contributed by atoms with E-state index in [1.807, 2.05) is 0 Å². The Morgan fingerprint density at radius 1 is 1.45 bits per heavy atom. The molecular weight excluding hydrogens is 202 g/mol. The maximum absolute atomic E-state index is 3.52. The van der Waals surface area contributed by atoms with Gasteiger partial charge in [-0.15, -0.1) is 0 Å². The van der Waals surface area contributed by atoms with E-state index in [-0.39, 0.29) is 0 Å². The largest absolute Gasteiger partial charge is 0.316 e. The Labute approximate surface area is 78.1 Å². The van der Waals surface area contributed by atoms with E-state index >= 15 is 0 Å². The second kappa shape index (κ2) is 5.15. The molecule has 1 aliphatic rings. The van der Waals surface area contributed by atoms with E-state index in [9.17, 15) is 0 Å². The zero-order valence-electron chi connectivity index (χ0n) is 7.28. The summed E-state index contributed by atoms with van der Waals surface area (Å²) in [6.07, 6.45) is 4.08. The van der Waals surface area contributed by atoms with Gasteiger partial charge in [0.1, 0.15) is 0 Å². The smallest absolute Gasteiger partial charge is 0.00340 e.